The lowest BCUT2D eigenvalue weighted by Gasteiger charge is -2.36. The highest BCUT2D eigenvalue weighted by molar-refractivity contribution is 5.23. The molecule has 0 aliphatic heterocycles. The van der Waals surface area contributed by atoms with Crippen LogP contribution in [-0.4, -0.2) is 6.61 Å². The van der Waals surface area contributed by atoms with E-state index < -0.39 is 5.83 Å². The molecule has 0 N–H and O–H groups in total. The number of rotatable bonds is 6. The molecule has 0 radical (unpaired) electrons. The summed E-state index contributed by atoms with van der Waals surface area (Å²) in [7, 11) is 0. The van der Waals surface area contributed by atoms with Gasteiger partial charge < -0.3 is 4.74 Å². The maximum absolute atomic E-state index is 13.3. The summed E-state index contributed by atoms with van der Waals surface area (Å²) in [4.78, 5) is 0. The lowest BCUT2D eigenvalue weighted by Crippen LogP contribution is -2.24. The molecule has 0 atom stereocenters. The number of halogens is 2. The van der Waals surface area contributed by atoms with Gasteiger partial charge in [-0.25, -0.2) is 8.78 Å². The first-order chi connectivity index (χ1) is 11.6. The van der Waals surface area contributed by atoms with Crippen LogP contribution in [0.25, 0.3) is 0 Å². The van der Waals surface area contributed by atoms with Crippen molar-refractivity contribution in [2.75, 3.05) is 6.61 Å². The van der Waals surface area contributed by atoms with E-state index in [2.05, 4.69) is 13.0 Å². The molecule has 2 rings (SSSR count). The van der Waals surface area contributed by atoms with Gasteiger partial charge in [0, 0.05) is 0 Å². The largest absolute Gasteiger partial charge is 0.491 e. The van der Waals surface area contributed by atoms with Crippen LogP contribution < -0.4 is 0 Å². The lowest BCUT2D eigenvalue weighted by molar-refractivity contribution is 0.160. The van der Waals surface area contributed by atoms with Crippen molar-refractivity contribution in [1.82, 2.24) is 0 Å². The molecule has 2 aliphatic carbocycles. The van der Waals surface area contributed by atoms with Gasteiger partial charge >= 0.3 is 0 Å². The summed E-state index contributed by atoms with van der Waals surface area (Å²) < 4.78 is 30.7. The average molecular weight is 338 g/mol. The molecule has 24 heavy (non-hydrogen) atoms. The molecule has 3 heteroatoms. The van der Waals surface area contributed by atoms with Gasteiger partial charge in [0.2, 0.25) is 0 Å². The summed E-state index contributed by atoms with van der Waals surface area (Å²) in [5.41, 5.74) is 0. The molecule has 2 saturated carbocycles. The zero-order chi connectivity index (χ0) is 17.4. The van der Waals surface area contributed by atoms with Gasteiger partial charge in [-0.05, 0) is 75.2 Å². The molecule has 1 nitrogen and oxygen atoms in total. The van der Waals surface area contributed by atoms with E-state index in [4.69, 9.17) is 4.74 Å². The van der Waals surface area contributed by atoms with Crippen LogP contribution in [0.15, 0.2) is 36.1 Å². The Morgan fingerprint density at radius 3 is 2.12 bits per heavy atom. The molecule has 0 heterocycles. The third-order valence-electron chi connectivity index (χ3n) is 5.81. The summed E-state index contributed by atoms with van der Waals surface area (Å²) in [6, 6.07) is 0. The summed E-state index contributed by atoms with van der Waals surface area (Å²) in [6.07, 6.45) is 16.1. The van der Waals surface area contributed by atoms with Crippen molar-refractivity contribution in [2.45, 2.75) is 65.2 Å². The summed E-state index contributed by atoms with van der Waals surface area (Å²) in [5, 5.41) is 0. The summed E-state index contributed by atoms with van der Waals surface area (Å²) in [6.45, 7) is 4.46. The van der Waals surface area contributed by atoms with Crippen LogP contribution in [0.4, 0.5) is 8.78 Å². The van der Waals surface area contributed by atoms with E-state index in [1.54, 1.807) is 6.92 Å². The van der Waals surface area contributed by atoms with Crippen LogP contribution in [0.1, 0.15) is 65.2 Å². The first-order valence-corrected chi connectivity index (χ1v) is 9.61. The van der Waals surface area contributed by atoms with Crippen molar-refractivity contribution in [3.63, 3.8) is 0 Å². The van der Waals surface area contributed by atoms with Crippen molar-refractivity contribution < 1.29 is 13.5 Å². The second kappa shape index (κ2) is 10.0. The molecule has 0 unspecified atom stereocenters. The minimum absolute atomic E-state index is 0.0266. The summed E-state index contributed by atoms with van der Waals surface area (Å²) >= 11 is 0. The second-order valence-corrected chi connectivity index (χ2v) is 7.50. The Morgan fingerprint density at radius 1 is 1.00 bits per heavy atom. The van der Waals surface area contributed by atoms with Crippen molar-refractivity contribution in [2.24, 2.45) is 23.7 Å². The van der Waals surface area contributed by atoms with Gasteiger partial charge in [0.25, 0.3) is 0 Å². The van der Waals surface area contributed by atoms with Crippen LogP contribution in [0.3, 0.4) is 0 Å². The van der Waals surface area contributed by atoms with Crippen molar-refractivity contribution >= 4 is 0 Å². The third kappa shape index (κ3) is 5.75. The molecule has 2 aliphatic rings. The van der Waals surface area contributed by atoms with Crippen molar-refractivity contribution in [3.05, 3.63) is 36.1 Å². The SMILES string of the molecule is CCOC(=C/C=C/C1CCC(C2CCC(C)CC2)CC1)/C(F)=C/F. The van der Waals surface area contributed by atoms with Crippen molar-refractivity contribution in [3.8, 4) is 0 Å². The van der Waals surface area contributed by atoms with Gasteiger partial charge in [-0.3, -0.25) is 0 Å². The fourth-order valence-corrected chi connectivity index (χ4v) is 4.27. The standard InChI is InChI=1S/C21H32F2O/c1-3-24-21(20(23)15-22)6-4-5-17-9-13-19(14-10-17)18-11-7-16(2)8-12-18/h4-6,15-19H,3,7-14H2,1-2H3/b5-4+,20-15-,21-6+. The second-order valence-electron chi connectivity index (χ2n) is 7.50. The molecule has 0 aromatic heterocycles. The number of ether oxygens (including phenoxy) is 1. The Kier molecular flexibility index (Phi) is 8.01. The van der Waals surface area contributed by atoms with Gasteiger partial charge in [-0.2, -0.15) is 0 Å². The van der Waals surface area contributed by atoms with Crippen molar-refractivity contribution in [1.29, 1.82) is 0 Å². The van der Waals surface area contributed by atoms with E-state index in [9.17, 15) is 8.78 Å². The fourth-order valence-electron chi connectivity index (χ4n) is 4.27. The third-order valence-corrected chi connectivity index (χ3v) is 5.81. The fraction of sp³-hybridized carbons (Fsp3) is 0.714. The first-order valence-electron chi connectivity index (χ1n) is 9.61. The minimum Gasteiger partial charge on any atom is -0.491 e. The smallest absolute Gasteiger partial charge is 0.193 e. The number of hydrogen-bond donors (Lipinski definition) is 0. The molecule has 0 saturated heterocycles. The van der Waals surface area contributed by atoms with E-state index in [0.29, 0.717) is 12.5 Å². The Morgan fingerprint density at radius 2 is 1.58 bits per heavy atom. The highest BCUT2D eigenvalue weighted by Crippen LogP contribution is 2.41. The molecule has 0 spiro atoms. The summed E-state index contributed by atoms with van der Waals surface area (Å²) in [5.74, 6) is 2.35. The van der Waals surface area contributed by atoms with E-state index in [1.807, 2.05) is 6.08 Å². The van der Waals surface area contributed by atoms with Gasteiger partial charge in [-0.1, -0.05) is 31.9 Å². The quantitative estimate of drug-likeness (QED) is 0.379. The predicted octanol–water partition coefficient (Wildman–Crippen LogP) is 6.88. The van der Waals surface area contributed by atoms with E-state index in [-0.39, 0.29) is 12.1 Å². The van der Waals surface area contributed by atoms with Crippen LogP contribution >= 0.6 is 0 Å². The van der Waals surface area contributed by atoms with Crippen LogP contribution in [0.5, 0.6) is 0 Å². The highest BCUT2D eigenvalue weighted by atomic mass is 19.2. The average Bonchev–Trinajstić information content (AvgIpc) is 2.61. The number of allylic oxidation sites excluding steroid dienone is 4. The van der Waals surface area contributed by atoms with Crippen LogP contribution in [-0.2, 0) is 4.74 Å². The monoisotopic (exact) mass is 338 g/mol. The zero-order valence-corrected chi connectivity index (χ0v) is 15.1. The normalized spacial score (nSPS) is 33.0. The molecule has 0 bridgehead atoms. The molecule has 2 fully saturated rings. The Hall–Kier alpha value is -1.12. The topological polar surface area (TPSA) is 9.23 Å². The maximum Gasteiger partial charge on any atom is 0.193 e. The van der Waals surface area contributed by atoms with E-state index in [1.165, 1.54) is 57.4 Å². The molecular formula is C21H32F2O. The molecular weight excluding hydrogens is 306 g/mol. The Labute approximate surface area is 145 Å². The van der Waals surface area contributed by atoms with Crippen LogP contribution in [0.2, 0.25) is 0 Å². The van der Waals surface area contributed by atoms with Gasteiger partial charge in [0.15, 0.2) is 11.6 Å². The Balaban J connectivity index is 1.79. The predicted molar refractivity (Wildman–Crippen MR) is 95.7 cm³/mol. The first kappa shape index (κ1) is 19.2. The van der Waals surface area contributed by atoms with Gasteiger partial charge in [-0.15, -0.1) is 0 Å². The number of hydrogen-bond acceptors (Lipinski definition) is 1. The van der Waals surface area contributed by atoms with Gasteiger partial charge in [0.05, 0.1) is 6.61 Å². The Bertz CT molecular complexity index is 450. The molecule has 136 valence electrons. The van der Waals surface area contributed by atoms with E-state index >= 15 is 0 Å². The van der Waals surface area contributed by atoms with Gasteiger partial charge in [0.1, 0.15) is 6.33 Å². The zero-order valence-electron chi connectivity index (χ0n) is 15.1. The molecule has 0 aromatic rings. The minimum atomic E-state index is -0.947. The highest BCUT2D eigenvalue weighted by Gasteiger charge is 2.29. The van der Waals surface area contributed by atoms with E-state index in [0.717, 1.165) is 17.8 Å². The van der Waals surface area contributed by atoms with Crippen LogP contribution in [0, 0.1) is 23.7 Å². The lowest BCUT2D eigenvalue weighted by atomic mass is 9.69. The molecule has 0 aromatic carbocycles. The molecule has 0 amide bonds. The maximum atomic E-state index is 13.3.